The maximum atomic E-state index is 12.3. The normalized spacial score (nSPS) is 16.8. The zero-order chi connectivity index (χ0) is 21.0. The first kappa shape index (κ1) is 19.8. The van der Waals surface area contributed by atoms with Gasteiger partial charge < -0.3 is 4.90 Å². The van der Waals surface area contributed by atoms with Gasteiger partial charge in [0, 0.05) is 68.0 Å². The third-order valence-corrected chi connectivity index (χ3v) is 6.23. The summed E-state index contributed by atoms with van der Waals surface area (Å²) in [5.41, 5.74) is 4.20. The molecule has 0 amide bonds. The van der Waals surface area contributed by atoms with Crippen molar-refractivity contribution in [3.63, 3.8) is 0 Å². The van der Waals surface area contributed by atoms with Crippen molar-refractivity contribution in [2.24, 2.45) is 0 Å². The largest absolute Gasteiger partial charge is 0.354 e. The van der Waals surface area contributed by atoms with E-state index in [1.807, 2.05) is 12.1 Å². The molecule has 0 bridgehead atoms. The van der Waals surface area contributed by atoms with Gasteiger partial charge in [0.05, 0.1) is 12.2 Å². The van der Waals surface area contributed by atoms with E-state index >= 15 is 0 Å². The molecule has 0 unspecified atom stereocenters. The SMILES string of the molecule is O=c1ccc(-c2cccnc2)nn1CCN1CCN(c2ncnc3c2CCCC3)CC1. The van der Waals surface area contributed by atoms with Crippen molar-refractivity contribution < 1.29 is 0 Å². The number of nitrogens with zero attached hydrogens (tertiary/aromatic N) is 7. The van der Waals surface area contributed by atoms with Crippen molar-refractivity contribution >= 4 is 5.82 Å². The molecule has 0 spiro atoms. The number of hydrogen-bond acceptors (Lipinski definition) is 7. The van der Waals surface area contributed by atoms with E-state index in [0.717, 1.165) is 62.6 Å². The predicted molar refractivity (Wildman–Crippen MR) is 119 cm³/mol. The highest BCUT2D eigenvalue weighted by molar-refractivity contribution is 5.56. The molecule has 31 heavy (non-hydrogen) atoms. The Labute approximate surface area is 181 Å². The monoisotopic (exact) mass is 417 g/mol. The van der Waals surface area contributed by atoms with Crippen molar-refractivity contribution in [3.8, 4) is 11.3 Å². The van der Waals surface area contributed by atoms with Gasteiger partial charge in [0.1, 0.15) is 12.1 Å². The average molecular weight is 418 g/mol. The van der Waals surface area contributed by atoms with E-state index in [1.54, 1.807) is 35.5 Å². The number of hydrogen-bond donors (Lipinski definition) is 0. The Morgan fingerprint density at radius 1 is 0.935 bits per heavy atom. The van der Waals surface area contributed by atoms with Crippen LogP contribution in [0.3, 0.4) is 0 Å². The van der Waals surface area contributed by atoms with Gasteiger partial charge in [0.25, 0.3) is 5.56 Å². The molecule has 1 aliphatic carbocycles. The topological polar surface area (TPSA) is 80.0 Å². The summed E-state index contributed by atoms with van der Waals surface area (Å²) in [5, 5.41) is 4.55. The molecule has 8 nitrogen and oxygen atoms in total. The first-order valence-corrected chi connectivity index (χ1v) is 11.1. The number of fused-ring (bicyclic) bond motifs is 1. The van der Waals surface area contributed by atoms with Crippen molar-refractivity contribution in [3.05, 3.63) is 64.6 Å². The third-order valence-electron chi connectivity index (χ3n) is 6.23. The number of aryl methyl sites for hydroxylation is 1. The predicted octanol–water partition coefficient (Wildman–Crippen LogP) is 1.80. The number of rotatable bonds is 5. The van der Waals surface area contributed by atoms with Crippen LogP contribution in [-0.2, 0) is 19.4 Å². The second-order valence-electron chi connectivity index (χ2n) is 8.18. The zero-order valence-electron chi connectivity index (χ0n) is 17.7. The second-order valence-corrected chi connectivity index (χ2v) is 8.18. The van der Waals surface area contributed by atoms with Crippen LogP contribution >= 0.6 is 0 Å². The lowest BCUT2D eigenvalue weighted by Crippen LogP contribution is -2.48. The molecule has 3 aromatic heterocycles. The summed E-state index contributed by atoms with van der Waals surface area (Å²) < 4.78 is 1.56. The van der Waals surface area contributed by atoms with E-state index in [-0.39, 0.29) is 5.56 Å². The molecule has 3 aromatic rings. The Hall–Kier alpha value is -3.13. The fourth-order valence-corrected chi connectivity index (χ4v) is 4.47. The van der Waals surface area contributed by atoms with Gasteiger partial charge in [-0.2, -0.15) is 5.10 Å². The maximum Gasteiger partial charge on any atom is 0.266 e. The highest BCUT2D eigenvalue weighted by atomic mass is 16.1. The molecule has 0 aromatic carbocycles. The Bertz CT molecular complexity index is 1090. The van der Waals surface area contributed by atoms with Gasteiger partial charge in [0.15, 0.2) is 0 Å². The molecule has 0 radical (unpaired) electrons. The molecule has 160 valence electrons. The number of piperazine rings is 1. The van der Waals surface area contributed by atoms with Crippen LogP contribution in [0.2, 0.25) is 0 Å². The summed E-state index contributed by atoms with van der Waals surface area (Å²) in [6, 6.07) is 7.18. The van der Waals surface area contributed by atoms with Gasteiger partial charge >= 0.3 is 0 Å². The van der Waals surface area contributed by atoms with E-state index in [9.17, 15) is 4.79 Å². The maximum absolute atomic E-state index is 12.3. The Balaban J connectivity index is 1.21. The van der Waals surface area contributed by atoms with Gasteiger partial charge in [-0.3, -0.25) is 14.7 Å². The molecule has 5 rings (SSSR count). The van der Waals surface area contributed by atoms with Gasteiger partial charge in [-0.25, -0.2) is 14.6 Å². The molecule has 1 fully saturated rings. The lowest BCUT2D eigenvalue weighted by Gasteiger charge is -2.36. The van der Waals surface area contributed by atoms with Gasteiger partial charge in [-0.1, -0.05) is 0 Å². The average Bonchev–Trinajstić information content (AvgIpc) is 2.84. The summed E-state index contributed by atoms with van der Waals surface area (Å²) in [4.78, 5) is 30.4. The van der Waals surface area contributed by atoms with E-state index in [4.69, 9.17) is 0 Å². The zero-order valence-corrected chi connectivity index (χ0v) is 17.7. The summed E-state index contributed by atoms with van der Waals surface area (Å²) in [6.45, 7) is 5.18. The minimum absolute atomic E-state index is 0.0705. The molecule has 1 aliphatic heterocycles. The van der Waals surface area contributed by atoms with E-state index in [0.29, 0.717) is 6.54 Å². The van der Waals surface area contributed by atoms with Crippen LogP contribution in [-0.4, -0.2) is 62.4 Å². The Kier molecular flexibility index (Phi) is 5.71. The highest BCUT2D eigenvalue weighted by Gasteiger charge is 2.23. The second kappa shape index (κ2) is 8.93. The van der Waals surface area contributed by atoms with Crippen molar-refractivity contribution in [2.45, 2.75) is 32.2 Å². The molecule has 1 saturated heterocycles. The summed E-state index contributed by atoms with van der Waals surface area (Å²) in [7, 11) is 0. The van der Waals surface area contributed by atoms with E-state index in [2.05, 4.69) is 29.9 Å². The molecular weight excluding hydrogens is 390 g/mol. The highest BCUT2D eigenvalue weighted by Crippen LogP contribution is 2.27. The molecular formula is C23H27N7O. The Morgan fingerprint density at radius 3 is 2.65 bits per heavy atom. The van der Waals surface area contributed by atoms with Crippen LogP contribution in [0.1, 0.15) is 24.1 Å². The van der Waals surface area contributed by atoms with Crippen molar-refractivity contribution in [1.29, 1.82) is 0 Å². The number of pyridine rings is 1. The Morgan fingerprint density at radius 2 is 1.81 bits per heavy atom. The number of anilines is 1. The van der Waals surface area contributed by atoms with Crippen LogP contribution in [0.15, 0.2) is 47.8 Å². The summed E-state index contributed by atoms with van der Waals surface area (Å²) in [5.74, 6) is 1.13. The molecule has 8 heteroatoms. The van der Waals surface area contributed by atoms with Crippen LogP contribution in [0.25, 0.3) is 11.3 Å². The van der Waals surface area contributed by atoms with Gasteiger partial charge in [-0.05, 0) is 43.9 Å². The summed E-state index contributed by atoms with van der Waals surface area (Å²) in [6.07, 6.45) is 9.84. The molecule has 0 N–H and O–H groups in total. The molecule has 0 atom stereocenters. The molecule has 0 saturated carbocycles. The van der Waals surface area contributed by atoms with E-state index in [1.165, 1.54) is 24.1 Å². The smallest absolute Gasteiger partial charge is 0.266 e. The van der Waals surface area contributed by atoms with Crippen molar-refractivity contribution in [2.75, 3.05) is 37.6 Å². The molecule has 4 heterocycles. The van der Waals surface area contributed by atoms with Crippen LogP contribution < -0.4 is 10.5 Å². The van der Waals surface area contributed by atoms with Crippen LogP contribution in [0, 0.1) is 0 Å². The van der Waals surface area contributed by atoms with Crippen LogP contribution in [0.5, 0.6) is 0 Å². The fourth-order valence-electron chi connectivity index (χ4n) is 4.47. The quantitative estimate of drug-likeness (QED) is 0.626. The van der Waals surface area contributed by atoms with Gasteiger partial charge in [0.2, 0.25) is 0 Å². The van der Waals surface area contributed by atoms with Gasteiger partial charge in [-0.15, -0.1) is 0 Å². The molecule has 2 aliphatic rings. The minimum atomic E-state index is -0.0705. The minimum Gasteiger partial charge on any atom is -0.354 e. The van der Waals surface area contributed by atoms with Crippen LogP contribution in [0.4, 0.5) is 5.82 Å². The third kappa shape index (κ3) is 4.34. The van der Waals surface area contributed by atoms with Crippen molar-refractivity contribution in [1.82, 2.24) is 29.6 Å². The standard InChI is InChI=1S/C23H27N7O/c31-22-8-7-20(18-4-3-9-24-16-18)27-30(22)15-12-28-10-13-29(14-11-28)23-19-5-1-2-6-21(19)25-17-26-23/h3-4,7-9,16-17H,1-2,5-6,10-15H2. The first-order chi connectivity index (χ1) is 15.3. The lowest BCUT2D eigenvalue weighted by molar-refractivity contribution is 0.242. The first-order valence-electron chi connectivity index (χ1n) is 11.1. The lowest BCUT2D eigenvalue weighted by atomic mass is 9.96. The fraction of sp³-hybridized carbons (Fsp3) is 0.435. The number of aromatic nitrogens is 5. The van der Waals surface area contributed by atoms with E-state index < -0.39 is 0 Å². The summed E-state index contributed by atoms with van der Waals surface area (Å²) >= 11 is 0.